The second-order valence-electron chi connectivity index (χ2n) is 6.54. The van der Waals surface area contributed by atoms with Gasteiger partial charge in [-0.3, -0.25) is 4.79 Å². The molecule has 26 heavy (non-hydrogen) atoms. The fourth-order valence-corrected chi connectivity index (χ4v) is 3.01. The van der Waals surface area contributed by atoms with Gasteiger partial charge in [-0.1, -0.05) is 24.3 Å². The van der Waals surface area contributed by atoms with Gasteiger partial charge in [-0.15, -0.1) is 0 Å². The summed E-state index contributed by atoms with van der Waals surface area (Å²) in [6, 6.07) is 13.4. The number of carbonyl (C=O) groups excluding carboxylic acids is 2. The van der Waals surface area contributed by atoms with Crippen LogP contribution in [-0.4, -0.2) is 31.1 Å². The van der Waals surface area contributed by atoms with E-state index in [0.717, 1.165) is 28.8 Å². The maximum atomic E-state index is 12.6. The Morgan fingerprint density at radius 1 is 1.12 bits per heavy atom. The van der Waals surface area contributed by atoms with E-state index >= 15 is 0 Å². The van der Waals surface area contributed by atoms with Crippen LogP contribution >= 0.6 is 0 Å². The van der Waals surface area contributed by atoms with Crippen LogP contribution in [0.2, 0.25) is 0 Å². The molecule has 0 bridgehead atoms. The molecule has 1 amide bonds. The van der Waals surface area contributed by atoms with Gasteiger partial charge < -0.3 is 14.4 Å². The Labute approximate surface area is 153 Å². The number of fused-ring (bicyclic) bond motifs is 1. The lowest BCUT2D eigenvalue weighted by molar-refractivity contribution is -0.155. The van der Waals surface area contributed by atoms with Crippen molar-refractivity contribution in [2.45, 2.75) is 33.3 Å². The first-order valence-corrected chi connectivity index (χ1v) is 8.74. The Hall–Kier alpha value is -2.82. The molecule has 1 aliphatic rings. The van der Waals surface area contributed by atoms with E-state index in [2.05, 4.69) is 0 Å². The second-order valence-corrected chi connectivity index (χ2v) is 6.54. The first-order valence-electron chi connectivity index (χ1n) is 8.74. The van der Waals surface area contributed by atoms with Gasteiger partial charge in [0.05, 0.1) is 0 Å². The zero-order valence-electron chi connectivity index (χ0n) is 15.3. The standard InChI is InChI=1S/C21H23NO4/c1-14-8-9-18(12-15(14)2)25-13-20(23)26-16(3)21(24)22-11-10-17-6-4-5-7-19(17)22/h4-9,12,16H,10-11,13H2,1-3H3. The molecule has 0 aromatic heterocycles. The molecular formula is C21H23NO4. The lowest BCUT2D eigenvalue weighted by Crippen LogP contribution is -2.39. The summed E-state index contributed by atoms with van der Waals surface area (Å²) in [5, 5.41) is 0. The average molecular weight is 353 g/mol. The number of ether oxygens (including phenoxy) is 2. The minimum atomic E-state index is -0.850. The molecule has 1 aliphatic heterocycles. The summed E-state index contributed by atoms with van der Waals surface area (Å²) in [4.78, 5) is 26.3. The predicted octanol–water partition coefficient (Wildman–Crippen LogP) is 3.20. The van der Waals surface area contributed by atoms with Gasteiger partial charge in [0.15, 0.2) is 12.7 Å². The van der Waals surface area contributed by atoms with Crippen LogP contribution in [0.4, 0.5) is 5.69 Å². The molecule has 0 aliphatic carbocycles. The van der Waals surface area contributed by atoms with Crippen molar-refractivity contribution in [3.05, 3.63) is 59.2 Å². The first-order chi connectivity index (χ1) is 12.5. The molecule has 2 aromatic rings. The quantitative estimate of drug-likeness (QED) is 0.775. The summed E-state index contributed by atoms with van der Waals surface area (Å²) in [6.07, 6.45) is -0.0321. The Morgan fingerprint density at radius 2 is 1.88 bits per heavy atom. The van der Waals surface area contributed by atoms with Gasteiger partial charge in [0.1, 0.15) is 5.75 Å². The third-order valence-electron chi connectivity index (χ3n) is 4.64. The Morgan fingerprint density at radius 3 is 2.65 bits per heavy atom. The van der Waals surface area contributed by atoms with Crippen LogP contribution < -0.4 is 9.64 Å². The summed E-state index contributed by atoms with van der Waals surface area (Å²) >= 11 is 0. The van der Waals surface area contributed by atoms with Gasteiger partial charge in [-0.2, -0.15) is 0 Å². The van der Waals surface area contributed by atoms with Crippen molar-refractivity contribution in [1.82, 2.24) is 0 Å². The van der Waals surface area contributed by atoms with Crippen LogP contribution in [0.5, 0.6) is 5.75 Å². The summed E-state index contributed by atoms with van der Waals surface area (Å²) in [5.74, 6) is -0.163. The number of carbonyl (C=O) groups is 2. The van der Waals surface area contributed by atoms with E-state index < -0.39 is 12.1 Å². The highest BCUT2D eigenvalue weighted by molar-refractivity contribution is 5.99. The fourth-order valence-electron chi connectivity index (χ4n) is 3.01. The van der Waals surface area contributed by atoms with Crippen molar-refractivity contribution < 1.29 is 19.1 Å². The number of para-hydroxylation sites is 1. The number of hydrogen-bond donors (Lipinski definition) is 0. The molecule has 0 fully saturated rings. The Bertz CT molecular complexity index is 831. The van der Waals surface area contributed by atoms with Crippen molar-refractivity contribution in [2.24, 2.45) is 0 Å². The highest BCUT2D eigenvalue weighted by Gasteiger charge is 2.29. The molecule has 0 saturated carbocycles. The van der Waals surface area contributed by atoms with E-state index in [4.69, 9.17) is 9.47 Å². The SMILES string of the molecule is Cc1ccc(OCC(=O)OC(C)C(=O)N2CCc3ccccc32)cc1C. The van der Waals surface area contributed by atoms with Gasteiger partial charge in [-0.25, -0.2) is 4.79 Å². The largest absolute Gasteiger partial charge is 0.482 e. The molecule has 0 saturated heterocycles. The number of amides is 1. The molecule has 136 valence electrons. The van der Waals surface area contributed by atoms with Gasteiger partial charge in [-0.05, 0) is 62.1 Å². The Kier molecular flexibility index (Phi) is 5.26. The van der Waals surface area contributed by atoms with Crippen LogP contribution in [0.3, 0.4) is 0 Å². The van der Waals surface area contributed by atoms with E-state index in [1.165, 1.54) is 0 Å². The van der Waals surface area contributed by atoms with Crippen LogP contribution in [0.25, 0.3) is 0 Å². The number of esters is 1. The minimum absolute atomic E-state index is 0.213. The van der Waals surface area contributed by atoms with E-state index in [1.54, 1.807) is 11.8 Å². The molecule has 5 heteroatoms. The Balaban J connectivity index is 1.54. The highest BCUT2D eigenvalue weighted by atomic mass is 16.6. The lowest BCUT2D eigenvalue weighted by atomic mass is 10.1. The van der Waals surface area contributed by atoms with Crippen molar-refractivity contribution in [1.29, 1.82) is 0 Å². The molecule has 5 nitrogen and oxygen atoms in total. The highest BCUT2D eigenvalue weighted by Crippen LogP contribution is 2.28. The van der Waals surface area contributed by atoms with Crippen molar-refractivity contribution >= 4 is 17.6 Å². The maximum Gasteiger partial charge on any atom is 0.344 e. The zero-order valence-corrected chi connectivity index (χ0v) is 15.3. The van der Waals surface area contributed by atoms with Gasteiger partial charge >= 0.3 is 5.97 Å². The average Bonchev–Trinajstić information content (AvgIpc) is 3.06. The molecule has 0 N–H and O–H groups in total. The summed E-state index contributed by atoms with van der Waals surface area (Å²) in [5.41, 5.74) is 4.28. The third-order valence-corrected chi connectivity index (χ3v) is 4.64. The van der Waals surface area contributed by atoms with Crippen LogP contribution in [0.15, 0.2) is 42.5 Å². The second kappa shape index (κ2) is 7.60. The lowest BCUT2D eigenvalue weighted by Gasteiger charge is -2.21. The first kappa shape index (κ1) is 18.0. The smallest absolute Gasteiger partial charge is 0.344 e. The topological polar surface area (TPSA) is 55.8 Å². The predicted molar refractivity (Wildman–Crippen MR) is 99.5 cm³/mol. The van der Waals surface area contributed by atoms with E-state index in [9.17, 15) is 9.59 Å². The van der Waals surface area contributed by atoms with Crippen LogP contribution in [0, 0.1) is 13.8 Å². The molecular weight excluding hydrogens is 330 g/mol. The summed E-state index contributed by atoms with van der Waals surface area (Å²) < 4.78 is 10.7. The van der Waals surface area contributed by atoms with Crippen LogP contribution in [0.1, 0.15) is 23.6 Å². The fraction of sp³-hybridized carbons (Fsp3) is 0.333. The van der Waals surface area contributed by atoms with Gasteiger partial charge in [0, 0.05) is 12.2 Å². The number of anilines is 1. The van der Waals surface area contributed by atoms with Gasteiger partial charge in [0.2, 0.25) is 0 Å². The summed E-state index contributed by atoms with van der Waals surface area (Å²) in [7, 11) is 0. The van der Waals surface area contributed by atoms with Crippen molar-refractivity contribution in [2.75, 3.05) is 18.1 Å². The molecule has 2 aromatic carbocycles. The van der Waals surface area contributed by atoms with Crippen molar-refractivity contribution in [3.8, 4) is 5.75 Å². The number of aryl methyl sites for hydroxylation is 2. The monoisotopic (exact) mass is 353 g/mol. The van der Waals surface area contributed by atoms with E-state index in [1.807, 2.05) is 56.3 Å². The van der Waals surface area contributed by atoms with Crippen LogP contribution in [-0.2, 0) is 20.7 Å². The van der Waals surface area contributed by atoms with E-state index in [0.29, 0.717) is 12.3 Å². The molecule has 0 spiro atoms. The van der Waals surface area contributed by atoms with Gasteiger partial charge in [0.25, 0.3) is 5.91 Å². The minimum Gasteiger partial charge on any atom is -0.482 e. The van der Waals surface area contributed by atoms with E-state index in [-0.39, 0.29) is 12.5 Å². The number of hydrogen-bond acceptors (Lipinski definition) is 4. The number of rotatable bonds is 5. The third kappa shape index (κ3) is 3.87. The molecule has 1 atom stereocenters. The normalized spacial score (nSPS) is 13.9. The van der Waals surface area contributed by atoms with Crippen molar-refractivity contribution in [3.63, 3.8) is 0 Å². The molecule has 3 rings (SSSR count). The zero-order chi connectivity index (χ0) is 18.7. The molecule has 1 unspecified atom stereocenters. The maximum absolute atomic E-state index is 12.6. The summed E-state index contributed by atoms with van der Waals surface area (Å²) in [6.45, 7) is 5.97. The molecule has 0 radical (unpaired) electrons. The molecule has 1 heterocycles. The number of nitrogens with zero attached hydrogens (tertiary/aromatic N) is 1. The number of benzene rings is 2.